The first-order valence-electron chi connectivity index (χ1n) is 10.6. The summed E-state index contributed by atoms with van der Waals surface area (Å²) in [6, 6.07) is 8.27. The second-order valence-electron chi connectivity index (χ2n) is 7.47. The zero-order valence-corrected chi connectivity index (χ0v) is 17.9. The van der Waals surface area contributed by atoms with Gasteiger partial charge in [0.1, 0.15) is 11.9 Å². The van der Waals surface area contributed by atoms with Crippen molar-refractivity contribution in [1.82, 2.24) is 29.8 Å². The van der Waals surface area contributed by atoms with Gasteiger partial charge in [-0.15, -0.1) is 0 Å². The Morgan fingerprint density at radius 1 is 1.29 bits per heavy atom. The number of ether oxygens (including phenoxy) is 1. The second kappa shape index (κ2) is 9.74. The lowest BCUT2D eigenvalue weighted by Gasteiger charge is -2.34. The topological polar surface area (TPSA) is 72.5 Å². The first-order valence-corrected chi connectivity index (χ1v) is 10.6. The van der Waals surface area contributed by atoms with Crippen LogP contribution in [-0.2, 0) is 18.2 Å². The predicted octanol–water partition coefficient (Wildman–Crippen LogP) is 2.33. The van der Waals surface area contributed by atoms with Crippen LogP contribution in [-0.4, -0.2) is 63.2 Å². The monoisotopic (exact) mass is 425 g/mol. The van der Waals surface area contributed by atoms with E-state index in [9.17, 15) is 4.39 Å². The molecule has 1 aliphatic heterocycles. The molecule has 1 aromatic carbocycles. The molecule has 1 unspecified atom stereocenters. The zero-order chi connectivity index (χ0) is 21.6. The Morgan fingerprint density at radius 3 is 2.87 bits per heavy atom. The molecule has 3 heterocycles. The van der Waals surface area contributed by atoms with E-state index in [1.165, 1.54) is 12.1 Å². The summed E-state index contributed by atoms with van der Waals surface area (Å²) >= 11 is 0. The van der Waals surface area contributed by atoms with Gasteiger partial charge in [-0.3, -0.25) is 9.67 Å². The van der Waals surface area contributed by atoms with Gasteiger partial charge in [0.2, 0.25) is 0 Å². The largest absolute Gasteiger partial charge is 0.370 e. The number of hydrogen-bond donors (Lipinski definition) is 1. The van der Waals surface area contributed by atoms with Crippen LogP contribution in [0.2, 0.25) is 0 Å². The van der Waals surface area contributed by atoms with Crippen LogP contribution in [0.4, 0.5) is 4.39 Å². The van der Waals surface area contributed by atoms with Crippen molar-refractivity contribution in [1.29, 1.82) is 0 Å². The van der Waals surface area contributed by atoms with Crippen molar-refractivity contribution in [2.75, 3.05) is 32.8 Å². The molecule has 1 N–H and O–H groups in total. The Bertz CT molecular complexity index is 1010. The number of hydrogen-bond acceptors (Lipinski definition) is 4. The number of guanidine groups is 1. The van der Waals surface area contributed by atoms with Gasteiger partial charge in [0, 0.05) is 51.1 Å². The molecule has 3 aromatic rings. The molecule has 0 bridgehead atoms. The van der Waals surface area contributed by atoms with Crippen LogP contribution in [0.5, 0.6) is 0 Å². The predicted molar refractivity (Wildman–Crippen MR) is 117 cm³/mol. The molecular formula is C22H28FN7O. The highest BCUT2D eigenvalue weighted by Gasteiger charge is 2.25. The number of rotatable bonds is 6. The highest BCUT2D eigenvalue weighted by molar-refractivity contribution is 5.80. The van der Waals surface area contributed by atoms with E-state index in [4.69, 9.17) is 9.73 Å². The molecular weight excluding hydrogens is 397 g/mol. The SMILES string of the molecule is CCNC(=NCCc1ccn(-c2ccc(F)cc2)n1)N1CCOC(c2cnn(C)c2)C1. The van der Waals surface area contributed by atoms with E-state index in [0.717, 1.165) is 49.0 Å². The van der Waals surface area contributed by atoms with E-state index in [1.807, 2.05) is 31.7 Å². The highest BCUT2D eigenvalue weighted by Crippen LogP contribution is 2.21. The molecule has 9 heteroatoms. The summed E-state index contributed by atoms with van der Waals surface area (Å²) in [5.74, 6) is 0.632. The summed E-state index contributed by atoms with van der Waals surface area (Å²) in [6.07, 6.45) is 6.45. The molecule has 1 atom stereocenters. The van der Waals surface area contributed by atoms with Crippen LogP contribution in [0.1, 0.15) is 24.3 Å². The molecule has 4 rings (SSSR count). The normalized spacial score (nSPS) is 17.2. The summed E-state index contributed by atoms with van der Waals surface area (Å²) in [6.45, 7) is 5.66. The van der Waals surface area contributed by atoms with E-state index < -0.39 is 0 Å². The lowest BCUT2D eigenvalue weighted by molar-refractivity contribution is -0.00803. The lowest BCUT2D eigenvalue weighted by Crippen LogP contribution is -2.48. The Balaban J connectivity index is 1.38. The minimum atomic E-state index is -0.254. The lowest BCUT2D eigenvalue weighted by atomic mass is 10.1. The fourth-order valence-electron chi connectivity index (χ4n) is 3.58. The molecule has 164 valence electrons. The Kier molecular flexibility index (Phi) is 6.61. The highest BCUT2D eigenvalue weighted by atomic mass is 19.1. The summed E-state index contributed by atoms with van der Waals surface area (Å²) < 4.78 is 22.6. The van der Waals surface area contributed by atoms with E-state index in [1.54, 1.807) is 21.5 Å². The fraction of sp³-hybridized carbons (Fsp3) is 0.409. The average Bonchev–Trinajstić information content (AvgIpc) is 3.43. The average molecular weight is 426 g/mol. The number of halogens is 1. The summed E-state index contributed by atoms with van der Waals surface area (Å²) in [7, 11) is 1.91. The number of benzene rings is 1. The van der Waals surface area contributed by atoms with Gasteiger partial charge < -0.3 is 15.0 Å². The van der Waals surface area contributed by atoms with Crippen LogP contribution in [0.25, 0.3) is 5.69 Å². The minimum absolute atomic E-state index is 0.0160. The number of aliphatic imine (C=N–C) groups is 1. The van der Waals surface area contributed by atoms with E-state index in [0.29, 0.717) is 13.2 Å². The van der Waals surface area contributed by atoms with Gasteiger partial charge in [0.25, 0.3) is 0 Å². The van der Waals surface area contributed by atoms with Gasteiger partial charge in [0.15, 0.2) is 5.96 Å². The van der Waals surface area contributed by atoms with Crippen LogP contribution in [0, 0.1) is 5.82 Å². The molecule has 0 radical (unpaired) electrons. The summed E-state index contributed by atoms with van der Waals surface area (Å²) in [5, 5.41) is 12.2. The number of nitrogens with zero attached hydrogens (tertiary/aromatic N) is 6. The Labute approximate surface area is 181 Å². The molecule has 0 aliphatic carbocycles. The third-order valence-corrected chi connectivity index (χ3v) is 5.16. The van der Waals surface area contributed by atoms with Gasteiger partial charge in [-0.25, -0.2) is 9.07 Å². The minimum Gasteiger partial charge on any atom is -0.370 e. The maximum absolute atomic E-state index is 13.1. The molecule has 0 amide bonds. The third kappa shape index (κ3) is 5.29. The number of aromatic nitrogens is 4. The van der Waals surface area contributed by atoms with Gasteiger partial charge in [-0.2, -0.15) is 10.2 Å². The number of aryl methyl sites for hydroxylation is 1. The Morgan fingerprint density at radius 2 is 2.13 bits per heavy atom. The molecule has 8 nitrogen and oxygen atoms in total. The quantitative estimate of drug-likeness (QED) is 0.485. The molecule has 1 saturated heterocycles. The molecule has 2 aromatic heterocycles. The first-order chi connectivity index (χ1) is 15.1. The first kappa shape index (κ1) is 21.0. The molecule has 31 heavy (non-hydrogen) atoms. The van der Waals surface area contributed by atoms with Crippen molar-refractivity contribution in [3.63, 3.8) is 0 Å². The molecule has 1 aliphatic rings. The van der Waals surface area contributed by atoms with Crippen molar-refractivity contribution >= 4 is 5.96 Å². The van der Waals surface area contributed by atoms with Crippen LogP contribution in [0.3, 0.4) is 0 Å². The van der Waals surface area contributed by atoms with Crippen LogP contribution in [0.15, 0.2) is 53.9 Å². The number of morpholine rings is 1. The summed E-state index contributed by atoms with van der Waals surface area (Å²) in [5.41, 5.74) is 2.85. The van der Waals surface area contributed by atoms with Gasteiger partial charge in [0.05, 0.1) is 30.7 Å². The second-order valence-corrected chi connectivity index (χ2v) is 7.47. The van der Waals surface area contributed by atoms with Crippen molar-refractivity contribution < 1.29 is 9.13 Å². The van der Waals surface area contributed by atoms with Crippen molar-refractivity contribution in [2.45, 2.75) is 19.4 Å². The van der Waals surface area contributed by atoms with Gasteiger partial charge >= 0.3 is 0 Å². The third-order valence-electron chi connectivity index (χ3n) is 5.16. The summed E-state index contributed by atoms with van der Waals surface area (Å²) in [4.78, 5) is 7.05. The molecule has 0 spiro atoms. The van der Waals surface area contributed by atoms with Gasteiger partial charge in [-0.05, 0) is 37.3 Å². The Hall–Kier alpha value is -3.20. The van der Waals surface area contributed by atoms with Crippen molar-refractivity contribution in [3.8, 4) is 5.69 Å². The van der Waals surface area contributed by atoms with E-state index >= 15 is 0 Å². The molecule has 1 fully saturated rings. The van der Waals surface area contributed by atoms with Crippen molar-refractivity contribution in [3.05, 3.63) is 66.0 Å². The van der Waals surface area contributed by atoms with Crippen LogP contribution >= 0.6 is 0 Å². The zero-order valence-electron chi connectivity index (χ0n) is 17.9. The maximum atomic E-state index is 13.1. The standard InChI is InChI=1S/C22H28FN7O/c1-3-24-22(29-12-13-31-21(16-29)17-14-26-28(2)15-17)25-10-8-19-9-11-30(27-19)20-6-4-18(23)5-7-20/h4-7,9,11,14-15,21H,3,8,10,12-13,16H2,1-2H3,(H,24,25). The van der Waals surface area contributed by atoms with Crippen LogP contribution < -0.4 is 5.32 Å². The smallest absolute Gasteiger partial charge is 0.194 e. The fourth-order valence-corrected chi connectivity index (χ4v) is 3.58. The van der Waals surface area contributed by atoms with E-state index in [2.05, 4.69) is 27.3 Å². The molecule has 0 saturated carbocycles. The maximum Gasteiger partial charge on any atom is 0.194 e. The van der Waals surface area contributed by atoms with Crippen molar-refractivity contribution in [2.24, 2.45) is 12.0 Å². The number of nitrogens with one attached hydrogen (secondary N) is 1. The van der Waals surface area contributed by atoms with Gasteiger partial charge in [-0.1, -0.05) is 0 Å². The van der Waals surface area contributed by atoms with E-state index in [-0.39, 0.29) is 11.9 Å².